The first kappa shape index (κ1) is 20.9. The van der Waals surface area contributed by atoms with Crippen LogP contribution in [0.1, 0.15) is 26.7 Å². The molecule has 0 aromatic heterocycles. The van der Waals surface area contributed by atoms with E-state index in [2.05, 4.69) is 39.2 Å². The van der Waals surface area contributed by atoms with Crippen molar-refractivity contribution in [3.63, 3.8) is 0 Å². The third kappa shape index (κ3) is 6.66. The van der Waals surface area contributed by atoms with E-state index in [9.17, 15) is 4.79 Å². The Morgan fingerprint density at radius 1 is 1.15 bits per heavy atom. The summed E-state index contributed by atoms with van der Waals surface area (Å²) < 4.78 is 10.2. The maximum absolute atomic E-state index is 11.4. The van der Waals surface area contributed by atoms with E-state index < -0.39 is 0 Å². The molecule has 27 heavy (non-hydrogen) atoms. The highest BCUT2D eigenvalue weighted by atomic mass is 16.5. The van der Waals surface area contributed by atoms with Gasteiger partial charge in [-0.1, -0.05) is 0 Å². The highest BCUT2D eigenvalue weighted by molar-refractivity contribution is 5.80. The van der Waals surface area contributed by atoms with Crippen molar-refractivity contribution in [3.05, 3.63) is 24.3 Å². The first-order valence-electron chi connectivity index (χ1n) is 9.75. The van der Waals surface area contributed by atoms with E-state index in [4.69, 9.17) is 9.47 Å². The third-order valence-corrected chi connectivity index (χ3v) is 4.46. The lowest BCUT2D eigenvalue weighted by Crippen LogP contribution is -2.52. The van der Waals surface area contributed by atoms with Gasteiger partial charge >= 0.3 is 5.97 Å². The normalized spacial score (nSPS) is 14.9. The van der Waals surface area contributed by atoms with Gasteiger partial charge in [0.2, 0.25) is 0 Å². The van der Waals surface area contributed by atoms with Gasteiger partial charge in [0.05, 0.1) is 13.7 Å². The van der Waals surface area contributed by atoms with Gasteiger partial charge in [-0.2, -0.15) is 0 Å². The number of ether oxygens (including phenoxy) is 2. The molecule has 2 rings (SSSR count). The summed E-state index contributed by atoms with van der Waals surface area (Å²) in [6.45, 7) is 9.50. The molecule has 1 aliphatic heterocycles. The largest absolute Gasteiger partial charge is 0.497 e. The molecule has 0 unspecified atom stereocenters. The lowest BCUT2D eigenvalue weighted by Gasteiger charge is -2.37. The summed E-state index contributed by atoms with van der Waals surface area (Å²) >= 11 is 0. The highest BCUT2D eigenvalue weighted by Crippen LogP contribution is 2.20. The molecule has 1 aliphatic rings. The Morgan fingerprint density at radius 2 is 1.85 bits per heavy atom. The molecule has 0 amide bonds. The Morgan fingerprint density at radius 3 is 2.44 bits per heavy atom. The molecule has 1 fully saturated rings. The first-order chi connectivity index (χ1) is 13.2. The lowest BCUT2D eigenvalue weighted by atomic mass is 10.2. The number of guanidine groups is 1. The van der Waals surface area contributed by atoms with Crippen molar-refractivity contribution in [2.45, 2.75) is 26.7 Å². The fourth-order valence-corrected chi connectivity index (χ4v) is 3.04. The summed E-state index contributed by atoms with van der Waals surface area (Å²) in [5.41, 5.74) is 1.21. The van der Waals surface area contributed by atoms with Gasteiger partial charge in [-0.05, 0) is 44.5 Å². The molecule has 1 heterocycles. The number of hydrogen-bond donors (Lipinski definition) is 1. The van der Waals surface area contributed by atoms with E-state index in [1.54, 1.807) is 7.11 Å². The van der Waals surface area contributed by atoms with Crippen LogP contribution in [0.3, 0.4) is 0 Å². The number of aliphatic imine (C=N–C) groups is 1. The Hall–Kier alpha value is -2.44. The second kappa shape index (κ2) is 11.3. The molecular formula is C20H32N4O3. The Kier molecular flexibility index (Phi) is 8.74. The van der Waals surface area contributed by atoms with Gasteiger partial charge in [-0.25, -0.2) is 0 Å². The summed E-state index contributed by atoms with van der Waals surface area (Å²) in [5.74, 6) is 1.66. The molecule has 0 aliphatic carbocycles. The molecule has 0 atom stereocenters. The lowest BCUT2D eigenvalue weighted by molar-refractivity contribution is -0.143. The summed E-state index contributed by atoms with van der Waals surface area (Å²) in [4.78, 5) is 20.8. The molecule has 0 spiro atoms. The average Bonchev–Trinajstić information content (AvgIpc) is 2.71. The SMILES string of the molecule is CCNC(=NCCCC(=O)OCC)N1CCN(c2ccc(OC)cc2)CC1. The summed E-state index contributed by atoms with van der Waals surface area (Å²) in [5, 5.41) is 3.36. The fourth-order valence-electron chi connectivity index (χ4n) is 3.04. The van der Waals surface area contributed by atoms with Gasteiger partial charge in [0, 0.05) is 51.4 Å². The van der Waals surface area contributed by atoms with Gasteiger partial charge in [-0.3, -0.25) is 9.79 Å². The number of anilines is 1. The Bertz CT molecular complexity index is 596. The molecule has 1 N–H and O–H groups in total. The monoisotopic (exact) mass is 376 g/mol. The predicted octanol–water partition coefficient (Wildman–Crippen LogP) is 2.13. The molecule has 7 heteroatoms. The van der Waals surface area contributed by atoms with Crippen LogP contribution in [-0.4, -0.2) is 69.8 Å². The Balaban J connectivity index is 1.84. The molecule has 0 radical (unpaired) electrons. The number of carbonyl (C=O) groups excluding carboxylic acids is 1. The fraction of sp³-hybridized carbons (Fsp3) is 0.600. The predicted molar refractivity (Wildman–Crippen MR) is 109 cm³/mol. The standard InChI is InChI=1S/C20H32N4O3/c1-4-21-20(22-12-6-7-19(25)27-5-2)24-15-13-23(14-16-24)17-8-10-18(26-3)11-9-17/h8-11H,4-7,12-16H2,1-3H3,(H,21,22). The zero-order chi connectivity index (χ0) is 19.5. The minimum Gasteiger partial charge on any atom is -0.497 e. The van der Waals surface area contributed by atoms with Crippen LogP contribution >= 0.6 is 0 Å². The van der Waals surface area contributed by atoms with Crippen LogP contribution in [0.5, 0.6) is 5.75 Å². The number of esters is 1. The molecule has 1 aromatic rings. The quantitative estimate of drug-likeness (QED) is 0.324. The van der Waals surface area contributed by atoms with Crippen LogP contribution < -0.4 is 15.0 Å². The van der Waals surface area contributed by atoms with Crippen LogP contribution in [0.2, 0.25) is 0 Å². The van der Waals surface area contributed by atoms with Crippen molar-refractivity contribution in [1.29, 1.82) is 0 Å². The smallest absolute Gasteiger partial charge is 0.305 e. The molecule has 1 saturated heterocycles. The van der Waals surface area contributed by atoms with Crippen molar-refractivity contribution in [3.8, 4) is 5.75 Å². The van der Waals surface area contributed by atoms with E-state index in [1.807, 2.05) is 19.1 Å². The number of carbonyl (C=O) groups is 1. The van der Waals surface area contributed by atoms with Crippen molar-refractivity contribution < 1.29 is 14.3 Å². The topological polar surface area (TPSA) is 66.4 Å². The van der Waals surface area contributed by atoms with E-state index in [-0.39, 0.29) is 5.97 Å². The molecule has 150 valence electrons. The van der Waals surface area contributed by atoms with E-state index in [1.165, 1.54) is 5.69 Å². The second-order valence-electron chi connectivity index (χ2n) is 6.32. The number of nitrogens with one attached hydrogen (secondary N) is 1. The van der Waals surface area contributed by atoms with Gasteiger partial charge in [0.25, 0.3) is 0 Å². The zero-order valence-corrected chi connectivity index (χ0v) is 16.7. The van der Waals surface area contributed by atoms with E-state index >= 15 is 0 Å². The minimum absolute atomic E-state index is 0.147. The van der Waals surface area contributed by atoms with Crippen molar-refractivity contribution in [2.75, 3.05) is 57.9 Å². The van der Waals surface area contributed by atoms with Gasteiger partial charge in [0.1, 0.15) is 5.75 Å². The molecule has 0 saturated carbocycles. The molecule has 7 nitrogen and oxygen atoms in total. The van der Waals surface area contributed by atoms with Gasteiger partial charge < -0.3 is 24.6 Å². The zero-order valence-electron chi connectivity index (χ0n) is 16.7. The summed E-state index contributed by atoms with van der Waals surface area (Å²) in [6, 6.07) is 8.19. The van der Waals surface area contributed by atoms with Crippen LogP contribution in [0.4, 0.5) is 5.69 Å². The summed E-state index contributed by atoms with van der Waals surface area (Å²) in [6.07, 6.45) is 1.13. The maximum Gasteiger partial charge on any atom is 0.305 e. The van der Waals surface area contributed by atoms with Crippen molar-refractivity contribution >= 4 is 17.6 Å². The van der Waals surface area contributed by atoms with E-state index in [0.717, 1.165) is 44.4 Å². The summed E-state index contributed by atoms with van der Waals surface area (Å²) in [7, 11) is 1.68. The molecule has 1 aromatic carbocycles. The number of benzene rings is 1. The van der Waals surface area contributed by atoms with Crippen LogP contribution in [0.25, 0.3) is 0 Å². The number of piperazine rings is 1. The second-order valence-corrected chi connectivity index (χ2v) is 6.32. The van der Waals surface area contributed by atoms with E-state index in [0.29, 0.717) is 26.0 Å². The highest BCUT2D eigenvalue weighted by Gasteiger charge is 2.19. The van der Waals surface area contributed by atoms with Crippen molar-refractivity contribution in [1.82, 2.24) is 10.2 Å². The first-order valence-corrected chi connectivity index (χ1v) is 9.75. The molecule has 0 bridgehead atoms. The minimum atomic E-state index is -0.147. The number of nitrogens with zero attached hydrogens (tertiary/aromatic N) is 3. The van der Waals surface area contributed by atoms with Crippen LogP contribution in [0, 0.1) is 0 Å². The van der Waals surface area contributed by atoms with Crippen LogP contribution in [-0.2, 0) is 9.53 Å². The van der Waals surface area contributed by atoms with Gasteiger partial charge in [0.15, 0.2) is 5.96 Å². The Labute approximate surface area is 162 Å². The maximum atomic E-state index is 11.4. The number of hydrogen-bond acceptors (Lipinski definition) is 5. The van der Waals surface area contributed by atoms with Gasteiger partial charge in [-0.15, -0.1) is 0 Å². The number of methoxy groups -OCH3 is 1. The number of rotatable bonds is 8. The van der Waals surface area contributed by atoms with Crippen molar-refractivity contribution in [2.24, 2.45) is 4.99 Å². The third-order valence-electron chi connectivity index (χ3n) is 4.46. The molecular weight excluding hydrogens is 344 g/mol. The average molecular weight is 377 g/mol. The van der Waals surface area contributed by atoms with Crippen LogP contribution in [0.15, 0.2) is 29.3 Å².